The maximum Gasteiger partial charge on any atom is 0.117 e. The minimum absolute atomic E-state index is 0.329. The van der Waals surface area contributed by atoms with Crippen LogP contribution < -0.4 is 5.73 Å². The van der Waals surface area contributed by atoms with Crippen molar-refractivity contribution < 1.29 is 0 Å². The van der Waals surface area contributed by atoms with Crippen molar-refractivity contribution in [2.75, 3.05) is 5.73 Å². The highest BCUT2D eigenvalue weighted by Gasteiger charge is 2.14. The van der Waals surface area contributed by atoms with Crippen molar-refractivity contribution in [3.63, 3.8) is 0 Å². The lowest BCUT2D eigenvalue weighted by Crippen LogP contribution is -2.04. The molecule has 2 aromatic rings. The van der Waals surface area contributed by atoms with Crippen molar-refractivity contribution in [1.29, 1.82) is 0 Å². The van der Waals surface area contributed by atoms with E-state index < -0.39 is 0 Å². The maximum absolute atomic E-state index is 6.22. The number of aromatic nitrogens is 2. The molecular formula is C13H15BrClN3. The number of rotatable bonds is 3. The Morgan fingerprint density at radius 3 is 2.83 bits per heavy atom. The third-order valence-electron chi connectivity index (χ3n) is 2.99. The highest BCUT2D eigenvalue weighted by atomic mass is 79.9. The molecule has 0 saturated carbocycles. The van der Waals surface area contributed by atoms with E-state index in [2.05, 4.69) is 34.9 Å². The van der Waals surface area contributed by atoms with E-state index in [9.17, 15) is 0 Å². The molecule has 0 saturated heterocycles. The Morgan fingerprint density at radius 1 is 1.50 bits per heavy atom. The number of nitrogens with zero attached hydrogens (tertiary/aromatic N) is 2. The van der Waals surface area contributed by atoms with Crippen LogP contribution in [0.2, 0.25) is 5.02 Å². The molecule has 2 rings (SSSR count). The molecule has 0 aliphatic carbocycles. The van der Waals surface area contributed by atoms with E-state index in [0.29, 0.717) is 16.8 Å². The third-order valence-corrected chi connectivity index (χ3v) is 3.79. The van der Waals surface area contributed by atoms with Crippen molar-refractivity contribution >= 4 is 33.2 Å². The molecule has 3 nitrogen and oxygen atoms in total. The summed E-state index contributed by atoms with van der Waals surface area (Å²) in [6.07, 6.45) is 2.87. The number of nitrogen functional groups attached to an aromatic ring is 1. The smallest absolute Gasteiger partial charge is 0.117 e. The molecule has 2 N–H and O–H groups in total. The molecule has 1 unspecified atom stereocenters. The Balaban J connectivity index is 2.47. The summed E-state index contributed by atoms with van der Waals surface area (Å²) >= 11 is 9.61. The number of benzene rings is 1. The molecule has 1 heterocycles. The number of hydrogen-bond donors (Lipinski definition) is 1. The maximum atomic E-state index is 6.22. The first kappa shape index (κ1) is 13.4. The fraction of sp³-hybridized carbons (Fsp3) is 0.308. The summed E-state index contributed by atoms with van der Waals surface area (Å²) in [5.74, 6) is 0. The number of nitrogens with two attached hydrogens (primary N) is 1. The SMILES string of the molecule is CCC(C)n1cc(N)c(-c2ccc(Br)cc2Cl)n1. The van der Waals surface area contributed by atoms with Gasteiger partial charge in [0.1, 0.15) is 5.69 Å². The number of halogens is 2. The van der Waals surface area contributed by atoms with Gasteiger partial charge in [0.15, 0.2) is 0 Å². The minimum atomic E-state index is 0.329. The summed E-state index contributed by atoms with van der Waals surface area (Å²) in [5.41, 5.74) is 8.28. The molecule has 0 bridgehead atoms. The zero-order valence-electron chi connectivity index (χ0n) is 10.3. The average molecular weight is 329 g/mol. The molecule has 0 aliphatic rings. The summed E-state index contributed by atoms with van der Waals surface area (Å²) in [7, 11) is 0. The average Bonchev–Trinajstić information content (AvgIpc) is 2.70. The van der Waals surface area contributed by atoms with Gasteiger partial charge in [-0.25, -0.2) is 0 Å². The van der Waals surface area contributed by atoms with E-state index in [0.717, 1.165) is 22.2 Å². The lowest BCUT2D eigenvalue weighted by molar-refractivity contribution is 0.479. The Morgan fingerprint density at radius 2 is 2.22 bits per heavy atom. The van der Waals surface area contributed by atoms with Gasteiger partial charge in [-0.2, -0.15) is 5.10 Å². The molecule has 0 fully saturated rings. The van der Waals surface area contributed by atoms with Crippen LogP contribution in [-0.4, -0.2) is 9.78 Å². The lowest BCUT2D eigenvalue weighted by atomic mass is 10.1. The van der Waals surface area contributed by atoms with Gasteiger partial charge in [0.05, 0.1) is 10.7 Å². The largest absolute Gasteiger partial charge is 0.396 e. The van der Waals surface area contributed by atoms with E-state index in [1.165, 1.54) is 0 Å². The van der Waals surface area contributed by atoms with Gasteiger partial charge in [0.2, 0.25) is 0 Å². The van der Waals surface area contributed by atoms with E-state index in [1.54, 1.807) is 0 Å². The number of anilines is 1. The van der Waals surface area contributed by atoms with Gasteiger partial charge in [-0.15, -0.1) is 0 Å². The predicted molar refractivity (Wildman–Crippen MR) is 79.8 cm³/mol. The summed E-state index contributed by atoms with van der Waals surface area (Å²) in [4.78, 5) is 0. The monoisotopic (exact) mass is 327 g/mol. The third kappa shape index (κ3) is 2.54. The molecule has 0 spiro atoms. The normalized spacial score (nSPS) is 12.7. The molecule has 5 heteroatoms. The van der Waals surface area contributed by atoms with E-state index in [4.69, 9.17) is 17.3 Å². The van der Waals surface area contributed by atoms with Gasteiger partial charge in [0, 0.05) is 22.3 Å². The second kappa shape index (κ2) is 5.33. The molecule has 96 valence electrons. The van der Waals surface area contributed by atoms with Crippen LogP contribution >= 0.6 is 27.5 Å². The first-order valence-corrected chi connectivity index (χ1v) is 7.00. The first-order chi connectivity index (χ1) is 8.52. The van der Waals surface area contributed by atoms with Crippen LogP contribution in [-0.2, 0) is 0 Å². The minimum Gasteiger partial charge on any atom is -0.396 e. The van der Waals surface area contributed by atoms with Crippen LogP contribution in [0.3, 0.4) is 0 Å². The van der Waals surface area contributed by atoms with Crippen LogP contribution in [0.5, 0.6) is 0 Å². The Bertz CT molecular complexity index is 565. The molecule has 1 aromatic heterocycles. The van der Waals surface area contributed by atoms with Gasteiger partial charge >= 0.3 is 0 Å². The van der Waals surface area contributed by atoms with E-state index >= 15 is 0 Å². The van der Waals surface area contributed by atoms with E-state index in [-0.39, 0.29) is 0 Å². The zero-order chi connectivity index (χ0) is 13.3. The van der Waals surface area contributed by atoms with Gasteiger partial charge in [-0.1, -0.05) is 40.5 Å². The van der Waals surface area contributed by atoms with Crippen molar-refractivity contribution in [2.45, 2.75) is 26.3 Å². The van der Waals surface area contributed by atoms with Gasteiger partial charge < -0.3 is 5.73 Å². The van der Waals surface area contributed by atoms with Crippen LogP contribution in [0.25, 0.3) is 11.3 Å². The van der Waals surface area contributed by atoms with Crippen molar-refractivity contribution in [1.82, 2.24) is 9.78 Å². The fourth-order valence-electron chi connectivity index (χ4n) is 1.71. The highest BCUT2D eigenvalue weighted by molar-refractivity contribution is 9.10. The van der Waals surface area contributed by atoms with Gasteiger partial charge in [0.25, 0.3) is 0 Å². The van der Waals surface area contributed by atoms with Gasteiger partial charge in [-0.05, 0) is 25.5 Å². The topological polar surface area (TPSA) is 43.8 Å². The highest BCUT2D eigenvalue weighted by Crippen LogP contribution is 2.33. The Labute approximate surface area is 120 Å². The molecule has 1 atom stereocenters. The van der Waals surface area contributed by atoms with Crippen LogP contribution in [0.1, 0.15) is 26.3 Å². The van der Waals surface area contributed by atoms with Crippen LogP contribution in [0.15, 0.2) is 28.9 Å². The fourth-order valence-corrected chi connectivity index (χ4v) is 2.47. The zero-order valence-corrected chi connectivity index (χ0v) is 12.7. The molecule has 0 amide bonds. The Kier molecular flexibility index (Phi) is 3.97. The summed E-state index contributed by atoms with van der Waals surface area (Å²) in [6.45, 7) is 4.23. The Hall–Kier alpha value is -1.00. The molecule has 0 radical (unpaired) electrons. The summed E-state index contributed by atoms with van der Waals surface area (Å²) in [6, 6.07) is 6.03. The summed E-state index contributed by atoms with van der Waals surface area (Å²) in [5, 5.41) is 5.18. The quantitative estimate of drug-likeness (QED) is 0.900. The molecular weight excluding hydrogens is 314 g/mol. The number of hydrogen-bond acceptors (Lipinski definition) is 2. The second-order valence-corrected chi connectivity index (χ2v) is 5.62. The molecule has 0 aliphatic heterocycles. The predicted octanol–water partition coefficient (Wildman–Crippen LogP) is 4.52. The standard InChI is InChI=1S/C13H15BrClN3/c1-3-8(2)18-7-12(16)13(17-18)10-5-4-9(14)6-11(10)15/h4-8H,3,16H2,1-2H3. The second-order valence-electron chi connectivity index (χ2n) is 4.29. The van der Waals surface area contributed by atoms with Crippen molar-refractivity contribution in [3.05, 3.63) is 33.9 Å². The molecule has 1 aromatic carbocycles. The lowest BCUT2D eigenvalue weighted by Gasteiger charge is -2.08. The van der Waals surface area contributed by atoms with Crippen LogP contribution in [0.4, 0.5) is 5.69 Å². The van der Waals surface area contributed by atoms with Crippen LogP contribution in [0, 0.1) is 0 Å². The first-order valence-electron chi connectivity index (χ1n) is 5.83. The van der Waals surface area contributed by atoms with Gasteiger partial charge in [-0.3, -0.25) is 4.68 Å². The molecule has 18 heavy (non-hydrogen) atoms. The van der Waals surface area contributed by atoms with Crippen molar-refractivity contribution in [2.24, 2.45) is 0 Å². The van der Waals surface area contributed by atoms with Crippen molar-refractivity contribution in [3.8, 4) is 11.3 Å². The van der Waals surface area contributed by atoms with E-state index in [1.807, 2.05) is 29.1 Å². The summed E-state index contributed by atoms with van der Waals surface area (Å²) < 4.78 is 2.83.